The minimum Gasteiger partial charge on any atom is -0.326 e. The Morgan fingerprint density at radius 1 is 1.40 bits per heavy atom. The number of hydrogen-bond acceptors (Lipinski definition) is 6. The second-order valence-corrected chi connectivity index (χ2v) is 8.34. The molecule has 1 aliphatic rings. The lowest BCUT2D eigenvalue weighted by Gasteiger charge is -2.37. The average Bonchev–Trinajstić information content (AvgIpc) is 2.89. The molecule has 0 spiro atoms. The zero-order valence-electron chi connectivity index (χ0n) is 11.9. The summed E-state index contributed by atoms with van der Waals surface area (Å²) in [4.78, 5) is 5.29. The van der Waals surface area contributed by atoms with Crippen LogP contribution in [0.2, 0.25) is 0 Å². The van der Waals surface area contributed by atoms with Crippen molar-refractivity contribution in [3.05, 3.63) is 17.0 Å². The van der Waals surface area contributed by atoms with Gasteiger partial charge in [0.05, 0.1) is 0 Å². The molecule has 0 amide bonds. The fourth-order valence-corrected chi connectivity index (χ4v) is 4.56. The summed E-state index contributed by atoms with van der Waals surface area (Å²) in [6.45, 7) is 3.65. The maximum atomic E-state index is 12.2. The van der Waals surface area contributed by atoms with Gasteiger partial charge in [-0.1, -0.05) is 0 Å². The van der Waals surface area contributed by atoms with Crippen LogP contribution in [-0.4, -0.2) is 64.5 Å². The fourth-order valence-electron chi connectivity index (χ4n) is 2.21. The number of nitrogens with two attached hydrogens (primary N) is 1. The van der Waals surface area contributed by atoms with Gasteiger partial charge in [-0.3, -0.25) is 4.90 Å². The number of sulfonamides is 1. The quantitative estimate of drug-likeness (QED) is 0.781. The van der Waals surface area contributed by atoms with Crippen molar-refractivity contribution in [3.63, 3.8) is 0 Å². The second kappa shape index (κ2) is 6.50. The maximum absolute atomic E-state index is 12.2. The SMILES string of the molecule is CN1CCN(C)C(CNS(=O)(=O)c2ccc(CN)s2)C1. The summed E-state index contributed by atoms with van der Waals surface area (Å²) in [5.74, 6) is 0. The Balaban J connectivity index is 1.98. The van der Waals surface area contributed by atoms with Crippen molar-refractivity contribution < 1.29 is 8.42 Å². The Hall–Kier alpha value is -0.510. The van der Waals surface area contributed by atoms with Gasteiger partial charge >= 0.3 is 0 Å². The molecule has 1 aromatic heterocycles. The Morgan fingerprint density at radius 3 is 2.80 bits per heavy atom. The van der Waals surface area contributed by atoms with E-state index in [0.717, 1.165) is 24.5 Å². The van der Waals surface area contributed by atoms with Gasteiger partial charge < -0.3 is 10.6 Å². The number of piperazine rings is 1. The smallest absolute Gasteiger partial charge is 0.250 e. The molecular weight excluding hydrogens is 296 g/mol. The summed E-state index contributed by atoms with van der Waals surface area (Å²) >= 11 is 1.23. The predicted molar refractivity (Wildman–Crippen MR) is 81.3 cm³/mol. The van der Waals surface area contributed by atoms with Gasteiger partial charge in [0.15, 0.2) is 0 Å². The van der Waals surface area contributed by atoms with Crippen LogP contribution in [0.4, 0.5) is 0 Å². The van der Waals surface area contributed by atoms with E-state index in [-0.39, 0.29) is 6.04 Å². The number of likely N-dealkylation sites (N-methyl/N-ethyl adjacent to an activating group) is 2. The van der Waals surface area contributed by atoms with Gasteiger partial charge in [-0.25, -0.2) is 13.1 Å². The van der Waals surface area contributed by atoms with Crippen LogP contribution in [0.5, 0.6) is 0 Å². The van der Waals surface area contributed by atoms with E-state index in [2.05, 4.69) is 21.6 Å². The molecule has 1 saturated heterocycles. The van der Waals surface area contributed by atoms with E-state index >= 15 is 0 Å². The summed E-state index contributed by atoms with van der Waals surface area (Å²) in [7, 11) is 0.666. The first-order valence-corrected chi connectivity index (χ1v) is 8.89. The monoisotopic (exact) mass is 318 g/mol. The van der Waals surface area contributed by atoms with Crippen molar-refractivity contribution in [2.24, 2.45) is 5.73 Å². The van der Waals surface area contributed by atoms with Crippen molar-refractivity contribution in [3.8, 4) is 0 Å². The maximum Gasteiger partial charge on any atom is 0.250 e. The third-order valence-corrected chi connectivity index (χ3v) is 6.62. The third kappa shape index (κ3) is 3.78. The Morgan fingerprint density at radius 2 is 2.15 bits per heavy atom. The van der Waals surface area contributed by atoms with Gasteiger partial charge in [0, 0.05) is 43.6 Å². The van der Waals surface area contributed by atoms with Crippen molar-refractivity contribution in [2.45, 2.75) is 16.8 Å². The van der Waals surface area contributed by atoms with E-state index in [0.29, 0.717) is 17.3 Å². The van der Waals surface area contributed by atoms with Crippen LogP contribution in [0.25, 0.3) is 0 Å². The van der Waals surface area contributed by atoms with Crippen LogP contribution in [0.15, 0.2) is 16.3 Å². The van der Waals surface area contributed by atoms with Crippen molar-refractivity contribution in [2.75, 3.05) is 40.3 Å². The lowest BCUT2D eigenvalue weighted by Crippen LogP contribution is -2.54. The minimum absolute atomic E-state index is 0.206. The molecule has 0 aliphatic carbocycles. The van der Waals surface area contributed by atoms with E-state index in [9.17, 15) is 8.42 Å². The lowest BCUT2D eigenvalue weighted by molar-refractivity contribution is 0.117. The van der Waals surface area contributed by atoms with Gasteiger partial charge in [0.1, 0.15) is 4.21 Å². The molecular formula is C12H22N4O2S2. The first-order valence-electron chi connectivity index (χ1n) is 6.59. The molecule has 1 aliphatic heterocycles. The molecule has 114 valence electrons. The van der Waals surface area contributed by atoms with Crippen molar-refractivity contribution in [1.82, 2.24) is 14.5 Å². The molecule has 1 aromatic rings. The van der Waals surface area contributed by atoms with E-state index < -0.39 is 10.0 Å². The van der Waals surface area contributed by atoms with E-state index in [1.54, 1.807) is 12.1 Å². The molecule has 6 nitrogen and oxygen atoms in total. The van der Waals surface area contributed by atoms with Crippen LogP contribution >= 0.6 is 11.3 Å². The topological polar surface area (TPSA) is 78.7 Å². The molecule has 8 heteroatoms. The standard InChI is InChI=1S/C12H22N4O2S2/c1-15-5-6-16(2)10(9-15)8-14-20(17,18)12-4-3-11(7-13)19-12/h3-4,10,14H,5-9,13H2,1-2H3. The molecule has 0 bridgehead atoms. The van der Waals surface area contributed by atoms with E-state index in [4.69, 9.17) is 5.73 Å². The lowest BCUT2D eigenvalue weighted by atomic mass is 10.2. The molecule has 0 radical (unpaired) electrons. The summed E-state index contributed by atoms with van der Waals surface area (Å²) in [5, 5.41) is 0. The van der Waals surface area contributed by atoms with Crippen molar-refractivity contribution >= 4 is 21.4 Å². The van der Waals surface area contributed by atoms with E-state index in [1.165, 1.54) is 11.3 Å². The number of nitrogens with zero attached hydrogens (tertiary/aromatic N) is 2. The number of thiophene rings is 1. The molecule has 20 heavy (non-hydrogen) atoms. The first kappa shape index (κ1) is 15.9. The number of rotatable bonds is 5. The zero-order chi connectivity index (χ0) is 14.8. The van der Waals surface area contributed by atoms with Gasteiger partial charge in [0.25, 0.3) is 0 Å². The molecule has 1 unspecified atom stereocenters. The van der Waals surface area contributed by atoms with Crippen LogP contribution in [0.3, 0.4) is 0 Å². The molecule has 0 aromatic carbocycles. The van der Waals surface area contributed by atoms with Crippen LogP contribution < -0.4 is 10.5 Å². The zero-order valence-corrected chi connectivity index (χ0v) is 13.5. The molecule has 1 atom stereocenters. The highest BCUT2D eigenvalue weighted by atomic mass is 32.2. The molecule has 2 rings (SSSR count). The van der Waals surface area contributed by atoms with E-state index in [1.807, 2.05) is 7.05 Å². The average molecular weight is 318 g/mol. The van der Waals surface area contributed by atoms with Crippen molar-refractivity contribution in [1.29, 1.82) is 0 Å². The molecule has 1 fully saturated rings. The summed E-state index contributed by atoms with van der Waals surface area (Å²) in [5.41, 5.74) is 5.51. The predicted octanol–water partition coefficient (Wildman–Crippen LogP) is -0.269. The minimum atomic E-state index is -3.42. The fraction of sp³-hybridized carbons (Fsp3) is 0.667. The Bertz CT molecular complexity index is 543. The largest absolute Gasteiger partial charge is 0.326 e. The van der Waals surface area contributed by atoms with Crippen LogP contribution in [0, 0.1) is 0 Å². The van der Waals surface area contributed by atoms with Gasteiger partial charge in [-0.15, -0.1) is 11.3 Å². The summed E-state index contributed by atoms with van der Waals surface area (Å²) in [6, 6.07) is 3.59. The number of hydrogen-bond donors (Lipinski definition) is 2. The van der Waals surface area contributed by atoms with Gasteiger partial charge in [-0.2, -0.15) is 0 Å². The summed E-state index contributed by atoms with van der Waals surface area (Å²) < 4.78 is 27.5. The molecule has 3 N–H and O–H groups in total. The molecule has 0 saturated carbocycles. The Kier molecular flexibility index (Phi) is 5.16. The first-order chi connectivity index (χ1) is 9.42. The summed E-state index contributed by atoms with van der Waals surface area (Å²) in [6.07, 6.45) is 0. The highest BCUT2D eigenvalue weighted by Gasteiger charge is 2.25. The van der Waals surface area contributed by atoms with Crippen LogP contribution in [-0.2, 0) is 16.6 Å². The Labute approximate surface area is 124 Å². The van der Waals surface area contributed by atoms with Crippen LogP contribution in [0.1, 0.15) is 4.88 Å². The third-order valence-electron chi connectivity index (χ3n) is 3.59. The van der Waals surface area contributed by atoms with Gasteiger partial charge in [0.2, 0.25) is 10.0 Å². The number of nitrogens with one attached hydrogen (secondary N) is 1. The normalized spacial score (nSPS) is 22.2. The van der Waals surface area contributed by atoms with Gasteiger partial charge in [-0.05, 0) is 26.2 Å². The highest BCUT2D eigenvalue weighted by Crippen LogP contribution is 2.21. The second-order valence-electron chi connectivity index (χ2n) is 5.17. The molecule has 2 heterocycles. The highest BCUT2D eigenvalue weighted by molar-refractivity contribution is 7.91.